The number of benzene rings is 2. The number of carbonyl (C=O) groups excluding carboxylic acids is 1. The second kappa shape index (κ2) is 9.35. The Labute approximate surface area is 151 Å². The quantitative estimate of drug-likeness (QED) is 0.664. The van der Waals surface area contributed by atoms with Crippen molar-refractivity contribution in [3.63, 3.8) is 0 Å². The van der Waals surface area contributed by atoms with Crippen LogP contribution in [-0.2, 0) is 4.79 Å². The van der Waals surface area contributed by atoms with Crippen LogP contribution in [0.25, 0.3) is 0 Å². The molecule has 0 saturated heterocycles. The number of nitrogens with one attached hydrogen (secondary N) is 2. The number of amides is 1. The van der Waals surface area contributed by atoms with E-state index in [0.717, 1.165) is 12.2 Å². The summed E-state index contributed by atoms with van der Waals surface area (Å²) in [5.74, 6) is 0.541. The summed E-state index contributed by atoms with van der Waals surface area (Å²) in [6.07, 6.45) is 0. The Bertz CT molecular complexity index is 651. The second-order valence-corrected chi connectivity index (χ2v) is 7.09. The fraction of sp³-hybridized carbons (Fsp3) is 0.381. The molecule has 4 nitrogen and oxygen atoms in total. The van der Waals surface area contributed by atoms with Crippen molar-refractivity contribution in [2.75, 3.05) is 32.5 Å². The highest BCUT2D eigenvalue weighted by molar-refractivity contribution is 5.91. The van der Waals surface area contributed by atoms with Gasteiger partial charge in [0.05, 0.1) is 14.1 Å². The van der Waals surface area contributed by atoms with E-state index in [2.05, 4.69) is 75.0 Å². The average molecular weight is 341 g/mol. The zero-order chi connectivity index (χ0) is 18.2. The maximum Gasteiger partial charge on any atom is 0.279 e. The van der Waals surface area contributed by atoms with Crippen LogP contribution in [0.3, 0.4) is 0 Å². The molecule has 0 spiro atoms. The van der Waals surface area contributed by atoms with Crippen LogP contribution >= 0.6 is 0 Å². The van der Waals surface area contributed by atoms with Crippen LogP contribution in [0, 0.1) is 0 Å². The van der Waals surface area contributed by atoms with E-state index in [1.807, 2.05) is 18.2 Å². The Morgan fingerprint density at radius 1 is 1.00 bits per heavy atom. The van der Waals surface area contributed by atoms with Gasteiger partial charge in [-0.05, 0) is 23.6 Å². The number of nitrogens with two attached hydrogens (primary N) is 1. The van der Waals surface area contributed by atoms with E-state index in [4.69, 9.17) is 0 Å². The van der Waals surface area contributed by atoms with Crippen molar-refractivity contribution in [3.8, 4) is 0 Å². The maximum absolute atomic E-state index is 12.2. The van der Waals surface area contributed by atoms with Gasteiger partial charge in [0.15, 0.2) is 12.6 Å². The molecule has 0 saturated carbocycles. The number of hydrogen-bond donors (Lipinski definition) is 3. The van der Waals surface area contributed by atoms with Gasteiger partial charge in [0.1, 0.15) is 6.54 Å². The summed E-state index contributed by atoms with van der Waals surface area (Å²) < 4.78 is 0. The molecule has 2 aromatic rings. The number of anilines is 1. The third-order valence-electron chi connectivity index (χ3n) is 4.49. The number of hydrogen-bond acceptors (Lipinski definition) is 1. The fourth-order valence-corrected chi connectivity index (χ4v) is 2.93. The highest BCUT2D eigenvalue weighted by atomic mass is 16.1. The molecule has 0 aliphatic carbocycles. The molecular formula is C21H31N3O+2. The summed E-state index contributed by atoms with van der Waals surface area (Å²) in [5.41, 5.74) is 3.45. The summed E-state index contributed by atoms with van der Waals surface area (Å²) in [6.45, 7) is 5.64. The van der Waals surface area contributed by atoms with Crippen molar-refractivity contribution in [1.82, 2.24) is 0 Å². The van der Waals surface area contributed by atoms with Crippen LogP contribution in [-0.4, -0.2) is 33.1 Å². The zero-order valence-electron chi connectivity index (χ0n) is 15.8. The minimum Gasteiger partial charge on any atom is -0.333 e. The van der Waals surface area contributed by atoms with Crippen LogP contribution in [0.15, 0.2) is 54.6 Å². The molecule has 1 amide bonds. The molecule has 0 aliphatic heterocycles. The molecule has 0 fully saturated rings. The predicted octanol–water partition coefficient (Wildman–Crippen LogP) is 1.20. The molecule has 2 rings (SSSR count). The van der Waals surface area contributed by atoms with Crippen molar-refractivity contribution in [1.29, 1.82) is 0 Å². The van der Waals surface area contributed by atoms with Crippen LogP contribution in [0.1, 0.15) is 36.9 Å². The lowest BCUT2D eigenvalue weighted by atomic mass is 10.0. The molecule has 0 bridgehead atoms. The molecule has 0 unspecified atom stereocenters. The third-order valence-corrected chi connectivity index (χ3v) is 4.49. The van der Waals surface area contributed by atoms with Crippen LogP contribution < -0.4 is 15.5 Å². The van der Waals surface area contributed by atoms with E-state index >= 15 is 0 Å². The minimum atomic E-state index is 0.0397. The van der Waals surface area contributed by atoms with Gasteiger partial charge in [-0.15, -0.1) is 0 Å². The van der Waals surface area contributed by atoms with E-state index in [1.54, 1.807) is 0 Å². The van der Waals surface area contributed by atoms with Gasteiger partial charge >= 0.3 is 0 Å². The summed E-state index contributed by atoms with van der Waals surface area (Å²) in [7, 11) is 4.31. The van der Waals surface area contributed by atoms with Gasteiger partial charge in [0, 0.05) is 11.3 Å². The van der Waals surface area contributed by atoms with E-state index in [9.17, 15) is 4.79 Å². The number of likely N-dealkylation sites (N-methyl/N-ethyl adjacent to an activating group) is 1. The first-order chi connectivity index (χ1) is 12.0. The maximum atomic E-state index is 12.2. The van der Waals surface area contributed by atoms with Gasteiger partial charge in [-0.1, -0.05) is 56.3 Å². The van der Waals surface area contributed by atoms with Crippen LogP contribution in [0.2, 0.25) is 0 Å². The lowest BCUT2D eigenvalue weighted by Gasteiger charge is -2.20. The van der Waals surface area contributed by atoms with Gasteiger partial charge in [0.25, 0.3) is 5.91 Å². The molecule has 4 N–H and O–H groups in total. The monoisotopic (exact) mass is 341 g/mol. The Hall–Kier alpha value is -2.17. The SMILES string of the molecule is CC(C)c1ccc(NC(=O)C[NH2+]C[C@H](c2ccccc2)[NH+](C)C)cc1. The second-order valence-electron chi connectivity index (χ2n) is 7.09. The number of quaternary nitrogens is 2. The van der Waals surface area contributed by atoms with Crippen molar-refractivity contribution >= 4 is 11.6 Å². The lowest BCUT2D eigenvalue weighted by molar-refractivity contribution is -0.908. The molecule has 134 valence electrons. The minimum absolute atomic E-state index is 0.0397. The first-order valence-electron chi connectivity index (χ1n) is 9.04. The molecule has 25 heavy (non-hydrogen) atoms. The predicted molar refractivity (Wildman–Crippen MR) is 103 cm³/mol. The topological polar surface area (TPSA) is 50.1 Å². The molecule has 4 heteroatoms. The Kier molecular flexibility index (Phi) is 7.16. The summed E-state index contributed by atoms with van der Waals surface area (Å²) in [5, 5.41) is 5.06. The highest BCUT2D eigenvalue weighted by Crippen LogP contribution is 2.16. The molecule has 1 atom stereocenters. The highest BCUT2D eigenvalue weighted by Gasteiger charge is 2.19. The summed E-state index contributed by atoms with van der Waals surface area (Å²) >= 11 is 0. The van der Waals surface area contributed by atoms with Crippen molar-refractivity contribution in [2.45, 2.75) is 25.8 Å². The standard InChI is InChI=1S/C21H29N3O/c1-16(2)17-10-12-19(13-11-17)23-21(25)15-22-14-20(24(3)4)18-8-6-5-7-9-18/h5-13,16,20,22H,14-15H2,1-4H3,(H,23,25)/p+2/t20-/m1/s1. The molecule has 0 heterocycles. The normalized spacial score (nSPS) is 12.4. The molecular weight excluding hydrogens is 310 g/mol. The van der Waals surface area contributed by atoms with E-state index in [1.165, 1.54) is 16.0 Å². The largest absolute Gasteiger partial charge is 0.333 e. The van der Waals surface area contributed by atoms with Crippen molar-refractivity contribution in [3.05, 3.63) is 65.7 Å². The Balaban J connectivity index is 1.82. The molecule has 0 aliphatic rings. The van der Waals surface area contributed by atoms with Crippen LogP contribution in [0.5, 0.6) is 0 Å². The molecule has 2 aromatic carbocycles. The summed E-state index contributed by atoms with van der Waals surface area (Å²) in [6, 6.07) is 19.0. The summed E-state index contributed by atoms with van der Waals surface area (Å²) in [4.78, 5) is 13.5. The van der Waals surface area contributed by atoms with Crippen molar-refractivity contribution < 1.29 is 15.0 Å². The molecule has 0 aromatic heterocycles. The lowest BCUT2D eigenvalue weighted by Crippen LogP contribution is -3.09. The average Bonchev–Trinajstić information content (AvgIpc) is 2.59. The zero-order valence-corrected chi connectivity index (χ0v) is 15.8. The fourth-order valence-electron chi connectivity index (χ4n) is 2.93. The van der Waals surface area contributed by atoms with Gasteiger partial charge in [-0.3, -0.25) is 4.79 Å². The Morgan fingerprint density at radius 2 is 1.64 bits per heavy atom. The Morgan fingerprint density at radius 3 is 2.20 bits per heavy atom. The van der Waals surface area contributed by atoms with Crippen LogP contribution in [0.4, 0.5) is 5.69 Å². The van der Waals surface area contributed by atoms with Crippen molar-refractivity contribution in [2.24, 2.45) is 0 Å². The van der Waals surface area contributed by atoms with Gasteiger partial charge in [-0.25, -0.2) is 0 Å². The van der Waals surface area contributed by atoms with E-state index < -0.39 is 0 Å². The van der Waals surface area contributed by atoms with Gasteiger partial charge in [0.2, 0.25) is 0 Å². The first-order valence-corrected chi connectivity index (χ1v) is 9.04. The number of carbonyl (C=O) groups is 1. The smallest absolute Gasteiger partial charge is 0.279 e. The van der Waals surface area contributed by atoms with Gasteiger partial charge < -0.3 is 15.5 Å². The first kappa shape index (κ1) is 19.2. The van der Waals surface area contributed by atoms with E-state index in [0.29, 0.717) is 18.5 Å². The van der Waals surface area contributed by atoms with Gasteiger partial charge in [-0.2, -0.15) is 0 Å². The number of rotatable bonds is 8. The molecule has 0 radical (unpaired) electrons. The third kappa shape index (κ3) is 6.00. The van der Waals surface area contributed by atoms with E-state index in [-0.39, 0.29) is 5.91 Å².